The molecule has 9 heteroatoms. The lowest BCUT2D eigenvalue weighted by atomic mass is 9.96. The van der Waals surface area contributed by atoms with E-state index in [-0.39, 0.29) is 31.5 Å². The van der Waals surface area contributed by atoms with E-state index in [9.17, 15) is 31.9 Å². The Balaban J connectivity index is 2.08. The Kier molecular flexibility index (Phi) is 4.96. The van der Waals surface area contributed by atoms with Crippen LogP contribution >= 0.6 is 0 Å². The number of aromatic hydroxyl groups is 1. The number of likely N-dealkylation sites (tertiary alicyclic amines) is 1. The van der Waals surface area contributed by atoms with Gasteiger partial charge in [-0.15, -0.1) is 0 Å². The number of phenols is 1. The van der Waals surface area contributed by atoms with Gasteiger partial charge in [-0.25, -0.2) is 0 Å². The number of carbonyl (C=O) groups excluding carboxylic acids is 1. The van der Waals surface area contributed by atoms with Gasteiger partial charge in [0.1, 0.15) is 11.5 Å². The highest BCUT2D eigenvalue weighted by atomic mass is 19.4. The summed E-state index contributed by atoms with van der Waals surface area (Å²) in [6.45, 7) is -3.31. The van der Waals surface area contributed by atoms with Gasteiger partial charge in [-0.3, -0.25) is 4.79 Å². The van der Waals surface area contributed by atoms with Crippen molar-refractivity contribution in [2.45, 2.75) is 25.6 Å². The van der Waals surface area contributed by atoms with Crippen molar-refractivity contribution in [1.29, 1.82) is 0 Å². The molecule has 4 nitrogen and oxygen atoms in total. The average Bonchev–Trinajstić information content (AvgIpc) is 2.44. The third kappa shape index (κ3) is 4.46. The highest BCUT2D eigenvalue weighted by molar-refractivity contribution is 5.95. The first-order chi connectivity index (χ1) is 10.7. The van der Waals surface area contributed by atoms with Crippen molar-refractivity contribution in [3.05, 3.63) is 23.8 Å². The number of halogens is 5. The third-order valence-corrected chi connectivity index (χ3v) is 3.61. The maximum Gasteiger partial charge on any atom is 0.391 e. The fraction of sp³-hybridized carbons (Fsp3) is 0.500. The summed E-state index contributed by atoms with van der Waals surface area (Å²) in [7, 11) is 0. The van der Waals surface area contributed by atoms with Crippen LogP contribution in [0.15, 0.2) is 18.2 Å². The number of hydrogen-bond acceptors (Lipinski definition) is 3. The van der Waals surface area contributed by atoms with Crippen molar-refractivity contribution < 1.29 is 36.6 Å². The molecule has 0 aromatic heterocycles. The van der Waals surface area contributed by atoms with Gasteiger partial charge in [-0.05, 0) is 25.0 Å². The topological polar surface area (TPSA) is 49.8 Å². The fourth-order valence-electron chi connectivity index (χ4n) is 2.47. The zero-order chi connectivity index (χ0) is 17.2. The number of carbonyl (C=O) groups is 1. The molecule has 1 aliphatic heterocycles. The number of phenolic OH excluding ortho intramolecular Hbond substituents is 1. The average molecular weight is 339 g/mol. The Labute approximate surface area is 128 Å². The molecule has 1 saturated heterocycles. The quantitative estimate of drug-likeness (QED) is 0.859. The smallest absolute Gasteiger partial charge is 0.391 e. The van der Waals surface area contributed by atoms with E-state index in [4.69, 9.17) is 0 Å². The van der Waals surface area contributed by atoms with Gasteiger partial charge in [0.25, 0.3) is 5.91 Å². The number of benzene rings is 1. The first-order valence-corrected chi connectivity index (χ1v) is 6.81. The van der Waals surface area contributed by atoms with Gasteiger partial charge >= 0.3 is 12.8 Å². The van der Waals surface area contributed by atoms with Gasteiger partial charge in [0.2, 0.25) is 0 Å². The zero-order valence-corrected chi connectivity index (χ0v) is 11.8. The molecule has 1 fully saturated rings. The van der Waals surface area contributed by atoms with Gasteiger partial charge in [0, 0.05) is 24.7 Å². The molecule has 2 rings (SSSR count). The van der Waals surface area contributed by atoms with Crippen LogP contribution in [0.5, 0.6) is 11.5 Å². The molecule has 0 unspecified atom stereocenters. The summed E-state index contributed by atoms with van der Waals surface area (Å²) in [6.07, 6.45) is -4.72. The third-order valence-electron chi connectivity index (χ3n) is 3.61. The molecule has 0 atom stereocenters. The Bertz CT molecular complexity index is 568. The van der Waals surface area contributed by atoms with Crippen LogP contribution in [0.25, 0.3) is 0 Å². The van der Waals surface area contributed by atoms with Crippen LogP contribution in [0.1, 0.15) is 23.2 Å². The van der Waals surface area contributed by atoms with E-state index < -0.39 is 36.1 Å². The summed E-state index contributed by atoms with van der Waals surface area (Å²) >= 11 is 0. The van der Waals surface area contributed by atoms with Crippen molar-refractivity contribution in [2.24, 2.45) is 5.92 Å². The van der Waals surface area contributed by atoms with E-state index in [0.29, 0.717) is 0 Å². The summed E-state index contributed by atoms with van der Waals surface area (Å²) in [5, 5.41) is 9.46. The first kappa shape index (κ1) is 17.3. The Hall–Kier alpha value is -2.06. The predicted molar refractivity (Wildman–Crippen MR) is 69.4 cm³/mol. The normalized spacial score (nSPS) is 16.7. The molecule has 1 heterocycles. The number of amides is 1. The van der Waals surface area contributed by atoms with Crippen molar-refractivity contribution in [1.82, 2.24) is 4.90 Å². The number of rotatable bonds is 3. The maximum absolute atomic E-state index is 12.6. The molecular weight excluding hydrogens is 325 g/mol. The largest absolute Gasteiger partial charge is 0.508 e. The van der Waals surface area contributed by atoms with E-state index in [1.54, 1.807) is 0 Å². The lowest BCUT2D eigenvalue weighted by Gasteiger charge is -2.33. The van der Waals surface area contributed by atoms with Crippen molar-refractivity contribution >= 4 is 5.91 Å². The number of alkyl halides is 5. The van der Waals surface area contributed by atoms with Crippen LogP contribution in [0.3, 0.4) is 0 Å². The lowest BCUT2D eigenvalue weighted by Crippen LogP contribution is -2.42. The second-order valence-corrected chi connectivity index (χ2v) is 5.20. The molecule has 1 aliphatic rings. The molecule has 0 bridgehead atoms. The van der Waals surface area contributed by atoms with Crippen molar-refractivity contribution in [3.8, 4) is 11.5 Å². The van der Waals surface area contributed by atoms with Gasteiger partial charge in [0.15, 0.2) is 0 Å². The highest BCUT2D eigenvalue weighted by Gasteiger charge is 2.41. The van der Waals surface area contributed by atoms with E-state index >= 15 is 0 Å². The minimum absolute atomic E-state index is 0.0935. The van der Waals surface area contributed by atoms with Gasteiger partial charge < -0.3 is 14.7 Å². The SMILES string of the molecule is O=C(c1cc(O)cc(OC(F)F)c1)N1CCC(C(F)(F)F)CC1. The molecule has 1 N–H and O–H groups in total. The van der Waals surface area contributed by atoms with Gasteiger partial charge in [0.05, 0.1) is 5.92 Å². The van der Waals surface area contributed by atoms with E-state index in [0.717, 1.165) is 18.2 Å². The minimum atomic E-state index is -4.29. The summed E-state index contributed by atoms with van der Waals surface area (Å²) in [5.74, 6) is -2.93. The predicted octanol–water partition coefficient (Wildman–Crippen LogP) is 3.41. The number of piperidine rings is 1. The number of nitrogens with zero attached hydrogens (tertiary/aromatic N) is 1. The second-order valence-electron chi connectivity index (χ2n) is 5.20. The van der Waals surface area contributed by atoms with Crippen LogP contribution in [-0.2, 0) is 0 Å². The van der Waals surface area contributed by atoms with Gasteiger partial charge in [-0.2, -0.15) is 22.0 Å². The molecule has 0 saturated carbocycles. The molecule has 0 aliphatic carbocycles. The van der Waals surface area contributed by atoms with Crippen molar-refractivity contribution in [3.63, 3.8) is 0 Å². The van der Waals surface area contributed by atoms with E-state index in [2.05, 4.69) is 4.74 Å². The van der Waals surface area contributed by atoms with Crippen LogP contribution < -0.4 is 4.74 Å². The molecular formula is C14H14F5NO3. The molecule has 1 aromatic carbocycles. The molecule has 1 amide bonds. The summed E-state index contributed by atoms with van der Waals surface area (Å²) in [4.78, 5) is 13.4. The van der Waals surface area contributed by atoms with E-state index in [1.165, 1.54) is 4.90 Å². The van der Waals surface area contributed by atoms with Crippen LogP contribution in [-0.4, -0.2) is 41.8 Å². The van der Waals surface area contributed by atoms with Crippen LogP contribution in [0.2, 0.25) is 0 Å². The Morgan fingerprint density at radius 1 is 1.22 bits per heavy atom. The molecule has 0 radical (unpaired) electrons. The summed E-state index contributed by atoms with van der Waals surface area (Å²) in [5.41, 5.74) is -0.119. The van der Waals surface area contributed by atoms with Crippen LogP contribution in [0.4, 0.5) is 22.0 Å². The molecule has 128 valence electrons. The molecule has 23 heavy (non-hydrogen) atoms. The monoisotopic (exact) mass is 339 g/mol. The number of ether oxygens (including phenoxy) is 1. The molecule has 1 aromatic rings. The summed E-state index contributed by atoms with van der Waals surface area (Å²) < 4.78 is 66.3. The van der Waals surface area contributed by atoms with Gasteiger partial charge in [-0.1, -0.05) is 0 Å². The Morgan fingerprint density at radius 3 is 2.35 bits per heavy atom. The van der Waals surface area contributed by atoms with E-state index in [1.807, 2.05) is 0 Å². The highest BCUT2D eigenvalue weighted by Crippen LogP contribution is 2.34. The lowest BCUT2D eigenvalue weighted by molar-refractivity contribution is -0.183. The first-order valence-electron chi connectivity index (χ1n) is 6.81. The second kappa shape index (κ2) is 6.59. The summed E-state index contributed by atoms with van der Waals surface area (Å²) in [6, 6.07) is 2.99. The molecule has 0 spiro atoms. The number of hydrogen-bond donors (Lipinski definition) is 1. The zero-order valence-electron chi connectivity index (χ0n) is 11.8. The Morgan fingerprint density at radius 2 is 1.83 bits per heavy atom. The minimum Gasteiger partial charge on any atom is -0.508 e. The van der Waals surface area contributed by atoms with Crippen molar-refractivity contribution in [2.75, 3.05) is 13.1 Å². The van der Waals surface area contributed by atoms with Crippen LogP contribution in [0, 0.1) is 5.92 Å². The standard InChI is InChI=1S/C14H14F5NO3/c15-13(16)23-11-6-8(5-10(21)7-11)12(22)20-3-1-9(2-4-20)14(17,18)19/h5-7,9,13,21H,1-4H2. The fourth-order valence-corrected chi connectivity index (χ4v) is 2.47. The maximum atomic E-state index is 12.6.